The van der Waals surface area contributed by atoms with Gasteiger partial charge in [-0.3, -0.25) is 0 Å². The van der Waals surface area contributed by atoms with Gasteiger partial charge in [0, 0.05) is 20.8 Å². The average molecular weight is 204 g/mol. The van der Waals surface area contributed by atoms with Gasteiger partial charge in [-0.15, -0.1) is 0 Å². The fraction of sp³-hybridized carbons (Fsp3) is 0.889. The van der Waals surface area contributed by atoms with Crippen molar-refractivity contribution in [2.24, 2.45) is 0 Å². The fourth-order valence-corrected chi connectivity index (χ4v) is 0.880. The van der Waals surface area contributed by atoms with Gasteiger partial charge < -0.3 is 20.1 Å². The third kappa shape index (κ3) is 6.68. The summed E-state index contributed by atoms with van der Waals surface area (Å²) in [5.41, 5.74) is 0. The number of methoxy groups -OCH3 is 2. The largest absolute Gasteiger partial charge is 0.354 e. The Balaban J connectivity index is 3.42. The molecule has 0 aromatic rings. The Morgan fingerprint density at radius 3 is 2.43 bits per heavy atom. The van der Waals surface area contributed by atoms with Gasteiger partial charge in [0.1, 0.15) is 0 Å². The van der Waals surface area contributed by atoms with E-state index in [1.165, 1.54) is 14.2 Å². The normalized spacial score (nSPS) is 10.3. The lowest BCUT2D eigenvalue weighted by Gasteiger charge is -2.14. The molecule has 0 aliphatic rings. The molecule has 0 aliphatic heterocycles. The summed E-state index contributed by atoms with van der Waals surface area (Å²) in [7, 11) is 3.07. The van der Waals surface area contributed by atoms with E-state index in [0.717, 1.165) is 12.8 Å². The Morgan fingerprint density at radius 1 is 1.29 bits per heavy atom. The maximum Gasteiger partial charge on any atom is 0.314 e. The Morgan fingerprint density at radius 2 is 1.93 bits per heavy atom. The smallest absolute Gasteiger partial charge is 0.314 e. The molecule has 2 N–H and O–H groups in total. The molecule has 0 radical (unpaired) electrons. The van der Waals surface area contributed by atoms with Gasteiger partial charge in [0.25, 0.3) is 0 Å². The molecule has 0 aromatic carbocycles. The summed E-state index contributed by atoms with van der Waals surface area (Å²) >= 11 is 0. The fourth-order valence-electron chi connectivity index (χ4n) is 0.880. The molecule has 0 atom stereocenters. The molecule has 0 spiro atoms. The standard InChI is InChI=1S/C9H20N2O3/c1-4-5-6-10-9(12)11-7-8(13-2)14-3/h8H,4-7H2,1-3H3,(H2,10,11,12). The minimum Gasteiger partial charge on any atom is -0.354 e. The first-order valence-corrected chi connectivity index (χ1v) is 4.81. The number of urea groups is 1. The van der Waals surface area contributed by atoms with Crippen LogP contribution in [-0.4, -0.2) is 39.6 Å². The summed E-state index contributed by atoms with van der Waals surface area (Å²) in [5, 5.41) is 5.37. The molecule has 0 bridgehead atoms. The van der Waals surface area contributed by atoms with Crippen LogP contribution in [0.25, 0.3) is 0 Å². The van der Waals surface area contributed by atoms with Gasteiger partial charge in [-0.1, -0.05) is 13.3 Å². The maximum atomic E-state index is 11.1. The molecular formula is C9H20N2O3. The highest BCUT2D eigenvalue weighted by molar-refractivity contribution is 5.73. The lowest BCUT2D eigenvalue weighted by molar-refractivity contribution is -0.0971. The predicted molar refractivity (Wildman–Crippen MR) is 54.1 cm³/mol. The number of nitrogens with one attached hydrogen (secondary N) is 2. The number of rotatable bonds is 7. The first-order valence-electron chi connectivity index (χ1n) is 4.81. The van der Waals surface area contributed by atoms with Crippen LogP contribution in [0.3, 0.4) is 0 Å². The SMILES string of the molecule is CCCCNC(=O)NCC(OC)OC. The number of carbonyl (C=O) groups excluding carboxylic acids is 1. The second kappa shape index (κ2) is 8.77. The van der Waals surface area contributed by atoms with E-state index in [9.17, 15) is 4.79 Å². The third-order valence-corrected chi connectivity index (χ3v) is 1.77. The summed E-state index contributed by atoms with van der Waals surface area (Å²) in [6.07, 6.45) is 1.68. The minimum atomic E-state index is -0.382. The van der Waals surface area contributed by atoms with Crippen molar-refractivity contribution in [3.8, 4) is 0 Å². The highest BCUT2D eigenvalue weighted by Crippen LogP contribution is 1.87. The van der Waals surface area contributed by atoms with Gasteiger partial charge >= 0.3 is 6.03 Å². The molecule has 5 heteroatoms. The molecule has 0 aliphatic carbocycles. The van der Waals surface area contributed by atoms with E-state index in [1.54, 1.807) is 0 Å². The van der Waals surface area contributed by atoms with Crippen LogP contribution in [0.5, 0.6) is 0 Å². The second-order valence-electron chi connectivity index (χ2n) is 2.89. The van der Waals surface area contributed by atoms with Crippen LogP contribution < -0.4 is 10.6 Å². The number of hydrogen-bond acceptors (Lipinski definition) is 3. The molecule has 0 saturated carbocycles. The zero-order valence-corrected chi connectivity index (χ0v) is 9.13. The molecule has 0 saturated heterocycles. The van der Waals surface area contributed by atoms with Crippen LogP contribution >= 0.6 is 0 Å². The van der Waals surface area contributed by atoms with Crippen LogP contribution in [0.4, 0.5) is 4.79 Å². The van der Waals surface area contributed by atoms with Crippen LogP contribution in [0, 0.1) is 0 Å². The first-order chi connectivity index (χ1) is 6.74. The molecular weight excluding hydrogens is 184 g/mol. The van der Waals surface area contributed by atoms with E-state index in [0.29, 0.717) is 13.1 Å². The van der Waals surface area contributed by atoms with Gasteiger partial charge in [-0.2, -0.15) is 0 Å². The molecule has 0 heterocycles. The van der Waals surface area contributed by atoms with Gasteiger partial charge in [0.15, 0.2) is 6.29 Å². The van der Waals surface area contributed by atoms with Gasteiger partial charge in [0.05, 0.1) is 6.54 Å². The quantitative estimate of drug-likeness (QED) is 0.474. The highest BCUT2D eigenvalue weighted by Gasteiger charge is 2.06. The summed E-state index contributed by atoms with van der Waals surface area (Å²) in [4.78, 5) is 11.1. The van der Waals surface area contributed by atoms with Crippen LogP contribution in [0.15, 0.2) is 0 Å². The maximum absolute atomic E-state index is 11.1. The van der Waals surface area contributed by atoms with Crippen LogP contribution in [0.2, 0.25) is 0 Å². The molecule has 2 amide bonds. The number of amides is 2. The van der Waals surface area contributed by atoms with E-state index in [-0.39, 0.29) is 12.3 Å². The zero-order chi connectivity index (χ0) is 10.8. The third-order valence-electron chi connectivity index (χ3n) is 1.77. The van der Waals surface area contributed by atoms with E-state index < -0.39 is 0 Å². The topological polar surface area (TPSA) is 59.6 Å². The zero-order valence-electron chi connectivity index (χ0n) is 9.13. The number of unbranched alkanes of at least 4 members (excludes halogenated alkanes) is 1. The van der Waals surface area contributed by atoms with Gasteiger partial charge in [-0.25, -0.2) is 4.79 Å². The summed E-state index contributed by atoms with van der Waals surface area (Å²) in [6, 6.07) is -0.183. The lowest BCUT2D eigenvalue weighted by atomic mass is 10.3. The Bertz CT molecular complexity index is 149. The average Bonchev–Trinajstić information content (AvgIpc) is 2.20. The summed E-state index contributed by atoms with van der Waals surface area (Å²) in [6.45, 7) is 3.13. The van der Waals surface area contributed by atoms with Crippen molar-refractivity contribution < 1.29 is 14.3 Å². The van der Waals surface area contributed by atoms with Gasteiger partial charge in [-0.05, 0) is 6.42 Å². The number of ether oxygens (including phenoxy) is 2. The lowest BCUT2D eigenvalue weighted by Crippen LogP contribution is -2.41. The van der Waals surface area contributed by atoms with Crippen molar-refractivity contribution in [3.05, 3.63) is 0 Å². The van der Waals surface area contributed by atoms with Crippen molar-refractivity contribution in [2.75, 3.05) is 27.3 Å². The van der Waals surface area contributed by atoms with Crippen molar-refractivity contribution in [3.63, 3.8) is 0 Å². The number of hydrogen-bond donors (Lipinski definition) is 2. The molecule has 0 fully saturated rings. The molecule has 5 nitrogen and oxygen atoms in total. The summed E-state index contributed by atoms with van der Waals surface area (Å²) in [5.74, 6) is 0. The van der Waals surface area contributed by atoms with Crippen LogP contribution in [0.1, 0.15) is 19.8 Å². The number of carbonyl (C=O) groups is 1. The second-order valence-corrected chi connectivity index (χ2v) is 2.89. The Kier molecular flexibility index (Phi) is 8.27. The van der Waals surface area contributed by atoms with E-state index in [4.69, 9.17) is 9.47 Å². The van der Waals surface area contributed by atoms with E-state index in [2.05, 4.69) is 17.6 Å². The minimum absolute atomic E-state index is 0.183. The van der Waals surface area contributed by atoms with Crippen LogP contribution in [-0.2, 0) is 9.47 Å². The van der Waals surface area contributed by atoms with E-state index in [1.807, 2.05) is 0 Å². The monoisotopic (exact) mass is 204 g/mol. The Labute approximate surface area is 85.1 Å². The van der Waals surface area contributed by atoms with Gasteiger partial charge in [0.2, 0.25) is 0 Å². The molecule has 84 valence electrons. The molecule has 0 unspecified atom stereocenters. The molecule has 0 aromatic heterocycles. The molecule has 14 heavy (non-hydrogen) atoms. The van der Waals surface area contributed by atoms with Crippen molar-refractivity contribution in [2.45, 2.75) is 26.1 Å². The highest BCUT2D eigenvalue weighted by atomic mass is 16.7. The molecule has 0 rings (SSSR count). The summed E-state index contributed by atoms with van der Waals surface area (Å²) < 4.78 is 9.82. The van der Waals surface area contributed by atoms with Crippen molar-refractivity contribution >= 4 is 6.03 Å². The first kappa shape index (κ1) is 13.2. The Hall–Kier alpha value is -0.810. The van der Waals surface area contributed by atoms with Crippen molar-refractivity contribution in [1.29, 1.82) is 0 Å². The predicted octanol–water partition coefficient (Wildman–Crippen LogP) is 0.705. The van der Waals surface area contributed by atoms with E-state index >= 15 is 0 Å². The van der Waals surface area contributed by atoms with Crippen molar-refractivity contribution in [1.82, 2.24) is 10.6 Å².